The van der Waals surface area contributed by atoms with Gasteiger partial charge in [0, 0.05) is 7.05 Å². The minimum absolute atomic E-state index is 0. The molecule has 0 spiro atoms. The molecule has 0 aliphatic carbocycles. The van der Waals surface area contributed by atoms with Crippen LogP contribution in [0, 0.1) is 0 Å². The number of hydrogen-bond donors (Lipinski definition) is 1. The van der Waals surface area contributed by atoms with Crippen LogP contribution in [0.15, 0.2) is 83.9 Å². The lowest BCUT2D eigenvalue weighted by molar-refractivity contribution is -0.129. The van der Waals surface area contributed by atoms with Crippen LogP contribution in [0.5, 0.6) is 5.75 Å². The third kappa shape index (κ3) is 4.56. The number of amides is 1. The third-order valence-electron chi connectivity index (χ3n) is 5.37. The van der Waals surface area contributed by atoms with Crippen molar-refractivity contribution in [3.8, 4) is 16.9 Å². The number of guanidine groups is 1. The molecule has 1 unspecified atom stereocenters. The van der Waals surface area contributed by atoms with Gasteiger partial charge in [0.15, 0.2) is 11.5 Å². The van der Waals surface area contributed by atoms with Crippen LogP contribution < -0.4 is 9.92 Å². The number of carbonyl (C=O) groups excluding carboxylic acids is 1. The van der Waals surface area contributed by atoms with Crippen LogP contribution in [0.3, 0.4) is 0 Å². The number of rotatable bonds is 5. The van der Waals surface area contributed by atoms with E-state index in [0.29, 0.717) is 22.3 Å². The Morgan fingerprint density at radius 3 is 2.06 bits per heavy atom. The molecule has 184 valence electrons. The molecule has 0 saturated heterocycles. The van der Waals surface area contributed by atoms with Gasteiger partial charge in [0.25, 0.3) is 5.91 Å². The Labute approximate surface area is 205 Å². The van der Waals surface area contributed by atoms with Gasteiger partial charge in [-0.25, -0.2) is 4.99 Å². The van der Waals surface area contributed by atoms with Crippen molar-refractivity contribution in [2.24, 2.45) is 10.7 Å². The van der Waals surface area contributed by atoms with E-state index >= 15 is 0 Å². The van der Waals surface area contributed by atoms with Crippen LogP contribution in [0.4, 0.5) is 13.2 Å². The molecule has 0 radical (unpaired) electrons. The largest absolute Gasteiger partial charge is 0.534 e. The van der Waals surface area contributed by atoms with Crippen LogP contribution in [0.1, 0.15) is 11.1 Å². The summed E-state index contributed by atoms with van der Waals surface area (Å²) in [6.45, 7) is 0. The van der Waals surface area contributed by atoms with Crippen molar-refractivity contribution in [2.75, 3.05) is 7.05 Å². The first-order valence-corrected chi connectivity index (χ1v) is 11.3. The van der Waals surface area contributed by atoms with Crippen molar-refractivity contribution < 1.29 is 30.6 Å². The van der Waals surface area contributed by atoms with Gasteiger partial charge in [0.05, 0.1) is 0 Å². The molecule has 1 atom stereocenters. The number of likely N-dealkylation sites (N-methyl/N-ethyl adjacent to an activating group) is 1. The van der Waals surface area contributed by atoms with Gasteiger partial charge in [0.2, 0.25) is 0 Å². The number of hydrogen-bond acceptors (Lipinski definition) is 6. The molecule has 0 aromatic heterocycles. The van der Waals surface area contributed by atoms with Gasteiger partial charge in [-0.2, -0.15) is 21.6 Å². The quantitative estimate of drug-likeness (QED) is 0.400. The van der Waals surface area contributed by atoms with Crippen molar-refractivity contribution in [1.29, 1.82) is 0 Å². The molecule has 0 saturated carbocycles. The number of nitrogens with zero attached hydrogens (tertiary/aromatic N) is 2. The lowest BCUT2D eigenvalue weighted by Gasteiger charge is -2.26. The lowest BCUT2D eigenvalue weighted by Crippen LogP contribution is -2.41. The monoisotopic (exact) mass is 525 g/mol. The minimum Gasteiger partial charge on any atom is -0.376 e. The number of benzene rings is 3. The predicted molar refractivity (Wildman–Crippen MR) is 126 cm³/mol. The summed E-state index contributed by atoms with van der Waals surface area (Å²) < 4.78 is 65.1. The van der Waals surface area contributed by atoms with Gasteiger partial charge < -0.3 is 9.92 Å². The predicted octanol–water partition coefficient (Wildman–Crippen LogP) is 4.03. The molecule has 12 heteroatoms. The topological polar surface area (TPSA) is 102 Å². The normalized spacial score (nSPS) is 18.1. The van der Waals surface area contributed by atoms with E-state index in [-0.39, 0.29) is 24.3 Å². The molecule has 1 aliphatic heterocycles. The number of carbonyl (C=O) groups is 1. The van der Waals surface area contributed by atoms with E-state index in [1.165, 1.54) is 18.0 Å². The molecule has 1 heterocycles. The molecule has 35 heavy (non-hydrogen) atoms. The molecule has 1 amide bonds. The minimum atomic E-state index is -5.82. The fourth-order valence-electron chi connectivity index (χ4n) is 3.69. The molecule has 1 aliphatic rings. The Bertz CT molecular complexity index is 1400. The second kappa shape index (κ2) is 9.23. The highest BCUT2D eigenvalue weighted by molar-refractivity contribution is 7.88. The maximum atomic E-state index is 13.3. The van der Waals surface area contributed by atoms with Gasteiger partial charge >= 0.3 is 15.6 Å². The van der Waals surface area contributed by atoms with Crippen LogP contribution in [0.25, 0.3) is 11.1 Å². The second-order valence-electron chi connectivity index (χ2n) is 7.50. The van der Waals surface area contributed by atoms with E-state index in [2.05, 4.69) is 9.18 Å². The zero-order valence-corrected chi connectivity index (χ0v) is 19.7. The Morgan fingerprint density at radius 2 is 1.49 bits per heavy atom. The summed E-state index contributed by atoms with van der Waals surface area (Å²) in [5.41, 5.74) is 0.885. The highest BCUT2D eigenvalue weighted by atomic mass is 35.5. The zero-order valence-electron chi connectivity index (χ0n) is 18.1. The van der Waals surface area contributed by atoms with Crippen LogP contribution in [-0.2, 0) is 20.5 Å². The summed E-state index contributed by atoms with van der Waals surface area (Å²) in [5, 5.41) is 0. The summed E-state index contributed by atoms with van der Waals surface area (Å²) in [7, 11) is -4.31. The SMILES string of the molecule is CN1C(=O)C(c2ccccc2)(c2cccc(-c3cccc(OS(=O)(=O)C(F)(F)F)c3)c2)N=C1N.Cl. The summed E-state index contributed by atoms with van der Waals surface area (Å²) in [4.78, 5) is 19.1. The van der Waals surface area contributed by atoms with Gasteiger partial charge in [-0.05, 0) is 40.5 Å². The number of halogens is 4. The molecular weight excluding hydrogens is 507 g/mol. The Morgan fingerprint density at radius 1 is 0.914 bits per heavy atom. The number of aliphatic imine (C=N–C) groups is 1. The van der Waals surface area contributed by atoms with E-state index in [1.54, 1.807) is 60.7 Å². The highest BCUT2D eigenvalue weighted by Gasteiger charge is 2.50. The Hall–Kier alpha value is -3.57. The molecule has 3 aromatic carbocycles. The van der Waals surface area contributed by atoms with E-state index in [9.17, 15) is 26.4 Å². The highest BCUT2D eigenvalue weighted by Crippen LogP contribution is 2.40. The van der Waals surface area contributed by atoms with Crippen molar-refractivity contribution in [2.45, 2.75) is 11.0 Å². The van der Waals surface area contributed by atoms with Crippen molar-refractivity contribution in [3.63, 3.8) is 0 Å². The summed E-state index contributed by atoms with van der Waals surface area (Å²) in [6, 6.07) is 20.7. The fraction of sp³-hybridized carbons (Fsp3) is 0.130. The number of nitrogens with two attached hydrogens (primary N) is 1. The molecule has 7 nitrogen and oxygen atoms in total. The van der Waals surface area contributed by atoms with Crippen molar-refractivity contribution >= 4 is 34.4 Å². The Balaban J connectivity index is 0.00000342. The molecule has 0 bridgehead atoms. The second-order valence-corrected chi connectivity index (χ2v) is 9.04. The maximum absolute atomic E-state index is 13.3. The molecule has 0 fully saturated rings. The standard InChI is InChI=1S/C23H18F3N3O4S.ClH/c1-29-20(30)22(28-21(29)27,17-9-3-2-4-10-17)18-11-5-7-15(13-18)16-8-6-12-19(14-16)33-34(31,32)23(24,25)26;/h2-14H,1H3,(H2,27,28);1H. The summed E-state index contributed by atoms with van der Waals surface area (Å²) >= 11 is 0. The van der Waals surface area contributed by atoms with Crippen LogP contribution in [-0.4, -0.2) is 37.7 Å². The van der Waals surface area contributed by atoms with E-state index in [4.69, 9.17) is 5.73 Å². The third-order valence-corrected chi connectivity index (χ3v) is 6.35. The van der Waals surface area contributed by atoms with Crippen LogP contribution >= 0.6 is 12.4 Å². The molecular formula is C23H19ClF3N3O4S. The van der Waals surface area contributed by atoms with Gasteiger partial charge in [-0.1, -0.05) is 60.7 Å². The van der Waals surface area contributed by atoms with E-state index in [0.717, 1.165) is 12.1 Å². The average Bonchev–Trinajstić information content (AvgIpc) is 3.04. The van der Waals surface area contributed by atoms with Gasteiger partial charge in [-0.15, -0.1) is 12.4 Å². The smallest absolute Gasteiger partial charge is 0.376 e. The van der Waals surface area contributed by atoms with Crippen molar-refractivity contribution in [1.82, 2.24) is 4.90 Å². The fourth-order valence-corrected chi connectivity index (χ4v) is 4.14. The maximum Gasteiger partial charge on any atom is 0.534 e. The first-order valence-electron chi connectivity index (χ1n) is 9.86. The molecule has 2 N–H and O–H groups in total. The van der Waals surface area contributed by atoms with Crippen molar-refractivity contribution in [3.05, 3.63) is 90.0 Å². The summed E-state index contributed by atoms with van der Waals surface area (Å²) in [5.74, 6) is -0.842. The average molecular weight is 526 g/mol. The molecule has 3 aromatic rings. The first kappa shape index (κ1) is 26.0. The van der Waals surface area contributed by atoms with Gasteiger partial charge in [0.1, 0.15) is 5.75 Å². The Kier molecular flexibility index (Phi) is 6.87. The zero-order chi connectivity index (χ0) is 24.7. The molecule has 4 rings (SSSR count). The number of alkyl halides is 3. The van der Waals surface area contributed by atoms with Crippen LogP contribution in [0.2, 0.25) is 0 Å². The van der Waals surface area contributed by atoms with Gasteiger partial charge in [-0.3, -0.25) is 9.69 Å². The summed E-state index contributed by atoms with van der Waals surface area (Å²) in [6.07, 6.45) is 0. The van der Waals surface area contributed by atoms with E-state index < -0.39 is 26.9 Å². The lowest BCUT2D eigenvalue weighted by atomic mass is 9.82. The van der Waals surface area contributed by atoms with E-state index in [1.807, 2.05) is 0 Å². The first-order chi connectivity index (χ1) is 16.0.